The van der Waals surface area contributed by atoms with E-state index in [0.29, 0.717) is 0 Å². The number of H-pyrrole nitrogens is 1. The van der Waals surface area contributed by atoms with Crippen LogP contribution in [0.25, 0.3) is 10.9 Å². The van der Waals surface area contributed by atoms with Gasteiger partial charge in [-0.05, 0) is 48.4 Å². The number of nitrogens with one attached hydrogen (secondary N) is 2. The lowest BCUT2D eigenvalue weighted by atomic mass is 10.2. The molecule has 0 fully saturated rings. The van der Waals surface area contributed by atoms with Gasteiger partial charge in [0.1, 0.15) is 5.75 Å². The van der Waals surface area contributed by atoms with E-state index in [9.17, 15) is 0 Å². The number of benzene rings is 2. The maximum absolute atomic E-state index is 5.59. The van der Waals surface area contributed by atoms with Crippen LogP contribution in [0.3, 0.4) is 0 Å². The first-order valence-corrected chi connectivity index (χ1v) is 7.38. The van der Waals surface area contributed by atoms with E-state index in [2.05, 4.69) is 53.6 Å². The molecule has 0 aliphatic rings. The van der Waals surface area contributed by atoms with E-state index in [0.717, 1.165) is 36.5 Å². The molecular formula is C18H20N2O. The summed E-state index contributed by atoms with van der Waals surface area (Å²) in [5.74, 6) is 0.939. The summed E-state index contributed by atoms with van der Waals surface area (Å²) in [6.07, 6.45) is 2.99. The lowest BCUT2D eigenvalue weighted by molar-refractivity contribution is 0.317. The van der Waals surface area contributed by atoms with Crippen molar-refractivity contribution in [3.63, 3.8) is 0 Å². The lowest BCUT2D eigenvalue weighted by Gasteiger charge is -2.08. The predicted octanol–water partition coefficient (Wildman–Crippen LogP) is 4.57. The van der Waals surface area contributed by atoms with E-state index in [1.165, 1.54) is 10.9 Å². The highest BCUT2D eigenvalue weighted by Crippen LogP contribution is 2.19. The summed E-state index contributed by atoms with van der Waals surface area (Å²) in [5, 5.41) is 4.68. The SMILES string of the molecule is CCCOc1ccc(CNc2ccc3[nH]ccc3c2)cc1. The highest BCUT2D eigenvalue weighted by Gasteiger charge is 1.99. The van der Waals surface area contributed by atoms with E-state index in [4.69, 9.17) is 4.74 Å². The van der Waals surface area contributed by atoms with E-state index in [-0.39, 0.29) is 0 Å². The fraction of sp³-hybridized carbons (Fsp3) is 0.222. The van der Waals surface area contributed by atoms with Crippen LogP contribution in [0.15, 0.2) is 54.7 Å². The average Bonchev–Trinajstić information content (AvgIpc) is 2.99. The molecular weight excluding hydrogens is 260 g/mol. The van der Waals surface area contributed by atoms with Gasteiger partial charge in [-0.1, -0.05) is 19.1 Å². The minimum Gasteiger partial charge on any atom is -0.494 e. The van der Waals surface area contributed by atoms with Crippen molar-refractivity contribution in [2.75, 3.05) is 11.9 Å². The highest BCUT2D eigenvalue weighted by molar-refractivity contribution is 5.82. The smallest absolute Gasteiger partial charge is 0.119 e. The molecule has 1 aromatic heterocycles. The van der Waals surface area contributed by atoms with E-state index >= 15 is 0 Å². The maximum Gasteiger partial charge on any atom is 0.119 e. The summed E-state index contributed by atoms with van der Waals surface area (Å²) < 4.78 is 5.59. The summed E-state index contributed by atoms with van der Waals surface area (Å²) >= 11 is 0. The monoisotopic (exact) mass is 280 g/mol. The Labute approximate surface area is 125 Å². The third-order valence-corrected chi connectivity index (χ3v) is 3.45. The summed E-state index contributed by atoms with van der Waals surface area (Å²) in [6, 6.07) is 16.7. The first kappa shape index (κ1) is 13.6. The number of fused-ring (bicyclic) bond motifs is 1. The van der Waals surface area contributed by atoms with Crippen molar-refractivity contribution < 1.29 is 4.74 Å². The van der Waals surface area contributed by atoms with Crippen LogP contribution in [0, 0.1) is 0 Å². The van der Waals surface area contributed by atoms with Crippen LogP contribution < -0.4 is 10.1 Å². The Morgan fingerprint density at radius 1 is 1.05 bits per heavy atom. The van der Waals surface area contributed by atoms with Crippen LogP contribution >= 0.6 is 0 Å². The number of hydrogen-bond donors (Lipinski definition) is 2. The Morgan fingerprint density at radius 3 is 2.71 bits per heavy atom. The van der Waals surface area contributed by atoms with Crippen LogP contribution in [-0.2, 0) is 6.54 Å². The molecule has 0 saturated heterocycles. The molecule has 0 saturated carbocycles. The molecule has 3 nitrogen and oxygen atoms in total. The van der Waals surface area contributed by atoms with Crippen LogP contribution in [0.4, 0.5) is 5.69 Å². The molecule has 21 heavy (non-hydrogen) atoms. The summed E-state index contributed by atoms with van der Waals surface area (Å²) in [6.45, 7) is 3.69. The second-order valence-corrected chi connectivity index (χ2v) is 5.13. The topological polar surface area (TPSA) is 37.0 Å². The zero-order valence-electron chi connectivity index (χ0n) is 12.2. The molecule has 0 bridgehead atoms. The van der Waals surface area contributed by atoms with Crippen LogP contribution in [0.2, 0.25) is 0 Å². The summed E-state index contributed by atoms with van der Waals surface area (Å²) in [5.41, 5.74) is 3.54. The number of rotatable bonds is 6. The Hall–Kier alpha value is -2.42. The molecule has 3 aromatic rings. The Bertz CT molecular complexity index is 701. The number of anilines is 1. The van der Waals surface area contributed by atoms with Crippen LogP contribution in [-0.4, -0.2) is 11.6 Å². The van der Waals surface area contributed by atoms with Gasteiger partial charge in [0.25, 0.3) is 0 Å². The van der Waals surface area contributed by atoms with E-state index in [1.807, 2.05) is 18.3 Å². The Kier molecular flexibility index (Phi) is 4.10. The maximum atomic E-state index is 5.59. The fourth-order valence-electron chi connectivity index (χ4n) is 2.29. The minimum absolute atomic E-state index is 0.772. The van der Waals surface area contributed by atoms with Gasteiger partial charge >= 0.3 is 0 Å². The van der Waals surface area contributed by atoms with Gasteiger partial charge in [0, 0.05) is 29.3 Å². The summed E-state index contributed by atoms with van der Waals surface area (Å²) in [7, 11) is 0. The second kappa shape index (κ2) is 6.35. The summed E-state index contributed by atoms with van der Waals surface area (Å²) in [4.78, 5) is 3.20. The molecule has 0 unspecified atom stereocenters. The van der Waals surface area contributed by atoms with Gasteiger partial charge in [-0.25, -0.2) is 0 Å². The zero-order chi connectivity index (χ0) is 14.5. The van der Waals surface area contributed by atoms with Crippen molar-refractivity contribution in [2.24, 2.45) is 0 Å². The van der Waals surface area contributed by atoms with Gasteiger partial charge < -0.3 is 15.0 Å². The van der Waals surface area contributed by atoms with E-state index < -0.39 is 0 Å². The molecule has 3 heteroatoms. The van der Waals surface area contributed by atoms with Crippen molar-refractivity contribution in [3.8, 4) is 5.75 Å². The normalized spacial score (nSPS) is 10.7. The molecule has 0 aliphatic heterocycles. The number of hydrogen-bond acceptors (Lipinski definition) is 2. The molecule has 0 spiro atoms. The first-order chi connectivity index (χ1) is 10.3. The van der Waals surface area contributed by atoms with Crippen molar-refractivity contribution >= 4 is 16.6 Å². The van der Waals surface area contributed by atoms with Crippen molar-refractivity contribution in [1.82, 2.24) is 4.98 Å². The highest BCUT2D eigenvalue weighted by atomic mass is 16.5. The van der Waals surface area contributed by atoms with Gasteiger partial charge in [-0.2, -0.15) is 0 Å². The fourth-order valence-corrected chi connectivity index (χ4v) is 2.29. The van der Waals surface area contributed by atoms with Crippen LogP contribution in [0.5, 0.6) is 5.75 Å². The minimum atomic E-state index is 0.772. The number of aromatic amines is 1. The van der Waals surface area contributed by atoms with Gasteiger partial charge in [0.15, 0.2) is 0 Å². The van der Waals surface area contributed by atoms with Gasteiger partial charge in [-0.15, -0.1) is 0 Å². The van der Waals surface area contributed by atoms with Crippen LogP contribution in [0.1, 0.15) is 18.9 Å². The molecule has 0 aliphatic carbocycles. The predicted molar refractivity (Wildman–Crippen MR) is 87.9 cm³/mol. The van der Waals surface area contributed by atoms with Crippen molar-refractivity contribution in [1.29, 1.82) is 0 Å². The standard InChI is InChI=1S/C18H20N2O/c1-2-11-21-17-6-3-14(4-7-17)13-20-16-5-8-18-15(12-16)9-10-19-18/h3-10,12,19-20H,2,11,13H2,1H3. The number of aromatic nitrogens is 1. The van der Waals surface area contributed by atoms with Gasteiger partial charge in [0.2, 0.25) is 0 Å². The molecule has 1 heterocycles. The molecule has 2 aromatic carbocycles. The third kappa shape index (κ3) is 3.37. The molecule has 0 atom stereocenters. The molecule has 0 radical (unpaired) electrons. The van der Waals surface area contributed by atoms with Gasteiger partial charge in [0.05, 0.1) is 6.61 Å². The largest absolute Gasteiger partial charge is 0.494 e. The Morgan fingerprint density at radius 2 is 1.90 bits per heavy atom. The molecule has 2 N–H and O–H groups in total. The zero-order valence-corrected chi connectivity index (χ0v) is 12.2. The lowest BCUT2D eigenvalue weighted by Crippen LogP contribution is -2.00. The molecule has 108 valence electrons. The van der Waals surface area contributed by atoms with Gasteiger partial charge in [-0.3, -0.25) is 0 Å². The van der Waals surface area contributed by atoms with Crippen molar-refractivity contribution in [2.45, 2.75) is 19.9 Å². The van der Waals surface area contributed by atoms with E-state index in [1.54, 1.807) is 0 Å². The van der Waals surface area contributed by atoms with Crippen molar-refractivity contribution in [3.05, 3.63) is 60.3 Å². The first-order valence-electron chi connectivity index (χ1n) is 7.38. The molecule has 3 rings (SSSR count). The quantitative estimate of drug-likeness (QED) is 0.694. The average molecular weight is 280 g/mol. The Balaban J connectivity index is 1.61. The second-order valence-electron chi connectivity index (χ2n) is 5.13. The molecule has 0 amide bonds. The number of ether oxygens (including phenoxy) is 1. The third-order valence-electron chi connectivity index (χ3n) is 3.45.